The molecule has 13 nitrogen and oxygen atoms in total. The van der Waals surface area contributed by atoms with E-state index in [-0.39, 0.29) is 56.4 Å². The summed E-state index contributed by atoms with van der Waals surface area (Å²) in [4.78, 5) is 23.9. The third-order valence-electron chi connectivity index (χ3n) is 10.9. The number of halogens is 9. The number of alkyl halides is 6. The van der Waals surface area contributed by atoms with E-state index in [0.29, 0.717) is 23.6 Å². The Hall–Kier alpha value is -5.35. The summed E-state index contributed by atoms with van der Waals surface area (Å²) in [7, 11) is -4.04. The summed E-state index contributed by atoms with van der Waals surface area (Å²) in [6.45, 7) is -2.13. The Morgan fingerprint density at radius 2 is 1.77 bits per heavy atom. The van der Waals surface area contributed by atoms with Crippen molar-refractivity contribution in [3.05, 3.63) is 93.4 Å². The lowest BCUT2D eigenvalue weighted by atomic mass is 10.0. The van der Waals surface area contributed by atoms with Crippen molar-refractivity contribution in [2.45, 2.75) is 81.0 Å². The van der Waals surface area contributed by atoms with E-state index in [1.165, 1.54) is 30.5 Å². The zero-order chi connectivity index (χ0) is 42.6. The number of fused-ring (bicyclic) bond motifs is 5. The monoisotopic (exact) mass is 883 g/mol. The first-order chi connectivity index (χ1) is 28.4. The number of aliphatic imine (C=N–C) groups is 1. The molecule has 316 valence electrons. The van der Waals surface area contributed by atoms with Crippen LogP contribution < -0.4 is 14.9 Å². The van der Waals surface area contributed by atoms with Crippen LogP contribution in [-0.2, 0) is 40.3 Å². The summed E-state index contributed by atoms with van der Waals surface area (Å²) in [5.41, 5.74) is -2.47. The van der Waals surface area contributed by atoms with Gasteiger partial charge in [-0.2, -0.15) is 19.0 Å². The van der Waals surface area contributed by atoms with Gasteiger partial charge in [0, 0.05) is 35.7 Å². The van der Waals surface area contributed by atoms with Crippen LogP contribution in [0.5, 0.6) is 0 Å². The molecule has 9 rings (SSSR count). The number of aliphatic hydroxyl groups excluding tert-OH is 1. The molecule has 5 aromatic rings. The second-order valence-electron chi connectivity index (χ2n) is 15.0. The van der Waals surface area contributed by atoms with Gasteiger partial charge in [0.2, 0.25) is 15.9 Å². The third-order valence-corrected chi connectivity index (χ3v) is 13.0. The second-order valence-corrected chi connectivity index (χ2v) is 17.3. The minimum absolute atomic E-state index is 0.0283. The summed E-state index contributed by atoms with van der Waals surface area (Å²) in [6, 6.07) is 6.28. The van der Waals surface area contributed by atoms with Crippen LogP contribution in [0.1, 0.15) is 65.9 Å². The van der Waals surface area contributed by atoms with E-state index < -0.39 is 112 Å². The normalized spacial score (nSPS) is 20.9. The number of carbonyl (C=O) groups excluding carboxylic acids is 1. The molecule has 2 fully saturated rings. The maximum Gasteiger partial charge on any atom is 0.293 e. The molecule has 2 saturated carbocycles. The van der Waals surface area contributed by atoms with Gasteiger partial charge in [-0.1, -0.05) is 11.6 Å². The van der Waals surface area contributed by atoms with Crippen molar-refractivity contribution >= 4 is 61.6 Å². The van der Waals surface area contributed by atoms with Crippen LogP contribution >= 0.6 is 11.6 Å². The Balaban J connectivity index is 1.18. The lowest BCUT2D eigenvalue weighted by Gasteiger charge is -2.38. The maximum absolute atomic E-state index is 15.4. The van der Waals surface area contributed by atoms with Gasteiger partial charge in [0.1, 0.15) is 41.9 Å². The number of rotatable bonds is 13. The molecule has 0 bridgehead atoms. The number of carbonyl (C=O) groups is 1. The number of sulfonamides is 1. The summed E-state index contributed by atoms with van der Waals surface area (Å²) < 4.78 is 146. The fourth-order valence-electron chi connectivity index (χ4n) is 8.14. The highest BCUT2D eigenvalue weighted by Crippen LogP contribution is 2.68. The van der Waals surface area contributed by atoms with E-state index in [1.54, 1.807) is 0 Å². The molecular weight excluding hydrogens is 854 g/mol. The minimum Gasteiger partial charge on any atom is -0.369 e. The number of benzene rings is 2. The highest BCUT2D eigenvalue weighted by molar-refractivity contribution is 7.93. The average Bonchev–Trinajstić information content (AvgIpc) is 4.09. The van der Waals surface area contributed by atoms with E-state index in [0.717, 1.165) is 21.7 Å². The van der Waals surface area contributed by atoms with Crippen molar-refractivity contribution in [2.24, 2.45) is 10.9 Å². The lowest BCUT2D eigenvalue weighted by Crippen LogP contribution is -2.53. The predicted molar refractivity (Wildman–Crippen MR) is 199 cm³/mol. The van der Waals surface area contributed by atoms with Gasteiger partial charge < -0.3 is 10.4 Å². The van der Waals surface area contributed by atoms with Crippen molar-refractivity contribution in [2.75, 3.05) is 9.62 Å². The van der Waals surface area contributed by atoms with Gasteiger partial charge in [-0.15, -0.1) is 0 Å². The van der Waals surface area contributed by atoms with Crippen LogP contribution in [0.3, 0.4) is 0 Å². The topological polar surface area (TPSA) is 160 Å². The largest absolute Gasteiger partial charge is 0.369 e. The quantitative estimate of drug-likeness (QED) is 0.108. The molecule has 23 heteroatoms. The van der Waals surface area contributed by atoms with E-state index in [9.17, 15) is 44.7 Å². The first kappa shape index (κ1) is 40.1. The zero-order valence-corrected chi connectivity index (χ0v) is 32.1. The van der Waals surface area contributed by atoms with Crippen LogP contribution in [0.25, 0.3) is 10.9 Å². The molecule has 3 aromatic heterocycles. The molecule has 2 aromatic carbocycles. The summed E-state index contributed by atoms with van der Waals surface area (Å²) in [6.07, 6.45) is -6.64. The third kappa shape index (κ3) is 6.90. The summed E-state index contributed by atoms with van der Waals surface area (Å²) >= 11 is 6.61. The Bertz CT molecular complexity index is 2710. The maximum atomic E-state index is 15.4. The van der Waals surface area contributed by atoms with Crippen LogP contribution in [0, 0.1) is 17.6 Å². The summed E-state index contributed by atoms with van der Waals surface area (Å²) in [5.74, 6) is -9.67. The molecule has 0 saturated heterocycles. The number of nitrogens with one attached hydrogen (secondary N) is 2. The van der Waals surface area contributed by atoms with Crippen molar-refractivity contribution in [3.8, 4) is 0 Å². The van der Waals surface area contributed by atoms with Gasteiger partial charge >= 0.3 is 0 Å². The molecule has 1 amide bonds. The van der Waals surface area contributed by atoms with Gasteiger partial charge in [0.15, 0.2) is 17.9 Å². The number of amidine groups is 1. The average molecular weight is 884 g/mol. The van der Waals surface area contributed by atoms with Gasteiger partial charge in [0.25, 0.3) is 18.8 Å². The van der Waals surface area contributed by atoms with E-state index in [2.05, 4.69) is 30.2 Å². The molecule has 4 atom stereocenters. The molecule has 3 N–H and O–H groups in total. The lowest BCUT2D eigenvalue weighted by molar-refractivity contribution is -0.122. The number of aromatic nitrogens is 5. The van der Waals surface area contributed by atoms with Gasteiger partial charge in [-0.3, -0.25) is 23.8 Å². The zero-order valence-electron chi connectivity index (χ0n) is 30.5. The number of aliphatic hydroxyl groups is 1. The fourth-order valence-corrected chi connectivity index (χ4v) is 9.72. The van der Waals surface area contributed by atoms with Crippen molar-refractivity contribution in [1.82, 2.24) is 29.9 Å². The number of pyridine rings is 1. The standard InChI is InChI=1S/C37H30ClF8N9O4S/c38-22-5-6-24(30-28(22)34(51-53(30)13-25(41)42)52-60(58,59)18-3-4-18)55-35(49-33-19(36(55)57)2-1-7-47-33)23(10-15-8-16(39)11-17(40)9-15)48-26(56)14-54-31-27(29(50-54)32(43)44)20-12-21(20)37(31,45)46/h1-2,5-9,11,18,20-21,23,25,32,36,57H,3-4,10,12-14H2,(H,48,56)(H,51,52)/t20-,21+,23?,36?/m0/s1. The van der Waals surface area contributed by atoms with Gasteiger partial charge in [0.05, 0.1) is 32.9 Å². The minimum atomic E-state index is -4.04. The van der Waals surface area contributed by atoms with E-state index >= 15 is 8.78 Å². The first-order valence-corrected chi connectivity index (χ1v) is 20.4. The predicted octanol–water partition coefficient (Wildman–Crippen LogP) is 6.84. The fraction of sp³-hybridized carbons (Fsp3) is 0.378. The number of hydrogen-bond acceptors (Lipinski definition) is 9. The Morgan fingerprint density at radius 3 is 2.45 bits per heavy atom. The van der Waals surface area contributed by atoms with Crippen molar-refractivity contribution in [3.63, 3.8) is 0 Å². The molecular formula is C37H30ClF8N9O4S. The van der Waals surface area contributed by atoms with Gasteiger partial charge in [-0.25, -0.2) is 44.7 Å². The molecule has 0 radical (unpaired) electrons. The van der Waals surface area contributed by atoms with Crippen molar-refractivity contribution < 1.29 is 53.4 Å². The molecule has 4 heterocycles. The van der Waals surface area contributed by atoms with Crippen molar-refractivity contribution in [1.29, 1.82) is 0 Å². The van der Waals surface area contributed by atoms with Gasteiger partial charge in [-0.05, 0) is 67.1 Å². The van der Waals surface area contributed by atoms with Crippen LogP contribution in [0.4, 0.5) is 52.4 Å². The molecule has 0 spiro atoms. The number of anilines is 2. The Labute approximate surface area is 339 Å². The highest BCUT2D eigenvalue weighted by atomic mass is 35.5. The molecule has 3 aliphatic carbocycles. The molecule has 1 aliphatic heterocycles. The number of hydrogen-bond donors (Lipinski definition) is 3. The SMILES string of the molecule is O=C(Cn1nc(C(F)F)c2c1C(F)(F)[C@@H]1C[C@H]21)NC(Cc1cc(F)cc(F)c1)C1=Nc2ncccc2C(O)N1c1ccc(Cl)c2c(NS(=O)(=O)C3CC3)nn(CC(F)F)c12. The molecule has 4 aliphatic rings. The summed E-state index contributed by atoms with van der Waals surface area (Å²) in [5, 5.41) is 21.5. The number of amides is 1. The molecule has 60 heavy (non-hydrogen) atoms. The van der Waals surface area contributed by atoms with E-state index in [4.69, 9.17) is 11.6 Å². The van der Waals surface area contributed by atoms with Crippen LogP contribution in [0.15, 0.2) is 53.7 Å². The van der Waals surface area contributed by atoms with Crippen LogP contribution in [-0.4, -0.2) is 67.5 Å². The molecule has 2 unspecified atom stereocenters. The smallest absolute Gasteiger partial charge is 0.293 e. The van der Waals surface area contributed by atoms with E-state index in [1.807, 2.05) is 0 Å². The first-order valence-electron chi connectivity index (χ1n) is 18.4. The van der Waals surface area contributed by atoms with Crippen LogP contribution in [0.2, 0.25) is 5.02 Å². The Morgan fingerprint density at radius 1 is 1.03 bits per heavy atom. The highest BCUT2D eigenvalue weighted by Gasteiger charge is 2.67. The second kappa shape index (κ2) is 14.4. The number of nitrogens with zero attached hydrogens (tertiary/aromatic N) is 7. The Kier molecular flexibility index (Phi) is 9.61.